The standard InChI is InChI=1S/C32H34F2N2O4S/c33-32(34,22-4-3-7-25(18-22)41-24-5-1-2-6-24)20-40-23-10-8-21(9-11-23)16-17-35-19-29(38)26-12-14-28(37)31-27(26)13-15-30(39)36-31/h3-4,7-15,18,24,29,35,37-38H,1-2,5-6,16-17,19-20H2,(H,36,39)/t29-/m0/s1. The fraction of sp³-hybridized carbons (Fsp3) is 0.344. The number of thioether (sulfide) groups is 1. The monoisotopic (exact) mass is 580 g/mol. The number of aromatic hydroxyl groups is 1. The van der Waals surface area contributed by atoms with E-state index in [0.29, 0.717) is 40.4 Å². The maximum Gasteiger partial charge on any atom is 0.306 e. The zero-order chi connectivity index (χ0) is 28.8. The number of aromatic nitrogens is 1. The summed E-state index contributed by atoms with van der Waals surface area (Å²) in [6.07, 6.45) is 4.53. The average molecular weight is 581 g/mol. The van der Waals surface area contributed by atoms with Crippen LogP contribution in [-0.2, 0) is 12.3 Å². The van der Waals surface area contributed by atoms with E-state index in [-0.39, 0.29) is 23.4 Å². The van der Waals surface area contributed by atoms with Gasteiger partial charge >= 0.3 is 5.92 Å². The zero-order valence-corrected chi connectivity index (χ0v) is 23.4. The van der Waals surface area contributed by atoms with Gasteiger partial charge in [0.05, 0.1) is 11.6 Å². The number of hydrogen-bond acceptors (Lipinski definition) is 6. The summed E-state index contributed by atoms with van der Waals surface area (Å²) in [4.78, 5) is 15.1. The van der Waals surface area contributed by atoms with Crippen LogP contribution in [0, 0.1) is 0 Å². The van der Waals surface area contributed by atoms with E-state index in [1.807, 2.05) is 18.2 Å². The molecule has 1 fully saturated rings. The van der Waals surface area contributed by atoms with Crippen molar-refractivity contribution in [3.8, 4) is 11.5 Å². The van der Waals surface area contributed by atoms with Crippen LogP contribution in [0.2, 0.25) is 0 Å². The lowest BCUT2D eigenvalue weighted by Gasteiger charge is -2.19. The first-order chi connectivity index (χ1) is 19.8. The fourth-order valence-corrected chi connectivity index (χ4v) is 6.44. The summed E-state index contributed by atoms with van der Waals surface area (Å²) in [6.45, 7) is 0.121. The molecule has 1 heterocycles. The van der Waals surface area contributed by atoms with Crippen LogP contribution in [-0.4, -0.2) is 40.1 Å². The average Bonchev–Trinajstić information content (AvgIpc) is 3.48. The highest BCUT2D eigenvalue weighted by Gasteiger charge is 2.33. The summed E-state index contributed by atoms with van der Waals surface area (Å²) in [5, 5.41) is 25.0. The maximum atomic E-state index is 14.9. The number of halogens is 2. The SMILES string of the molecule is O=c1ccc2c([C@@H](O)CNCCc3ccc(OCC(F)(F)c4cccc(SC5CCCC5)c4)cc3)ccc(O)c2[nH]1. The minimum atomic E-state index is -3.10. The van der Waals surface area contributed by atoms with E-state index in [0.717, 1.165) is 23.3 Å². The van der Waals surface area contributed by atoms with Gasteiger partial charge in [0.25, 0.3) is 0 Å². The number of phenols is 1. The van der Waals surface area contributed by atoms with Crippen LogP contribution in [0.25, 0.3) is 10.9 Å². The zero-order valence-electron chi connectivity index (χ0n) is 22.6. The summed E-state index contributed by atoms with van der Waals surface area (Å²) < 4.78 is 35.3. The number of aromatic amines is 1. The van der Waals surface area contributed by atoms with Gasteiger partial charge in [0.15, 0.2) is 6.61 Å². The van der Waals surface area contributed by atoms with E-state index in [4.69, 9.17) is 4.74 Å². The third kappa shape index (κ3) is 7.47. The highest BCUT2D eigenvalue weighted by Crippen LogP contribution is 2.37. The summed E-state index contributed by atoms with van der Waals surface area (Å²) in [7, 11) is 0. The molecule has 1 aliphatic rings. The molecule has 0 amide bonds. The molecule has 6 nitrogen and oxygen atoms in total. The Balaban J connectivity index is 1.09. The number of rotatable bonds is 12. The molecule has 0 radical (unpaired) electrons. The van der Waals surface area contributed by atoms with Gasteiger partial charge in [0.2, 0.25) is 5.56 Å². The Morgan fingerprint density at radius 3 is 2.61 bits per heavy atom. The largest absolute Gasteiger partial charge is 0.506 e. The predicted molar refractivity (Wildman–Crippen MR) is 158 cm³/mol. The smallest absolute Gasteiger partial charge is 0.306 e. The van der Waals surface area contributed by atoms with Crippen molar-refractivity contribution in [3.63, 3.8) is 0 Å². The predicted octanol–water partition coefficient (Wildman–Crippen LogP) is 6.30. The Kier molecular flexibility index (Phi) is 9.27. The van der Waals surface area contributed by atoms with Gasteiger partial charge in [0, 0.05) is 33.7 Å². The van der Waals surface area contributed by atoms with Gasteiger partial charge in [-0.3, -0.25) is 4.79 Å². The quantitative estimate of drug-likeness (QED) is 0.147. The number of aliphatic hydroxyl groups excluding tert-OH is 1. The van der Waals surface area contributed by atoms with Crippen LogP contribution in [0.4, 0.5) is 8.78 Å². The number of ether oxygens (including phenoxy) is 1. The van der Waals surface area contributed by atoms with Crippen LogP contribution < -0.4 is 15.6 Å². The van der Waals surface area contributed by atoms with E-state index in [2.05, 4.69) is 10.3 Å². The van der Waals surface area contributed by atoms with E-state index in [9.17, 15) is 23.8 Å². The highest BCUT2D eigenvalue weighted by molar-refractivity contribution is 8.00. The lowest BCUT2D eigenvalue weighted by molar-refractivity contribution is -0.0468. The molecule has 0 unspecified atom stereocenters. The molecule has 1 aromatic heterocycles. The number of H-pyrrole nitrogens is 1. The summed E-state index contributed by atoms with van der Waals surface area (Å²) in [5.74, 6) is -2.78. The molecule has 0 saturated heterocycles. The van der Waals surface area contributed by atoms with Gasteiger partial charge in [-0.25, -0.2) is 0 Å². The number of nitrogens with one attached hydrogen (secondary N) is 2. The van der Waals surface area contributed by atoms with Gasteiger partial charge in [-0.05, 0) is 73.3 Å². The minimum absolute atomic E-state index is 0.0287. The molecule has 0 spiro atoms. The first kappa shape index (κ1) is 29.1. The molecule has 1 atom stereocenters. The van der Waals surface area contributed by atoms with Crippen molar-refractivity contribution in [3.05, 3.63) is 99.8 Å². The third-order valence-electron chi connectivity index (χ3n) is 7.40. The molecule has 4 aromatic rings. The van der Waals surface area contributed by atoms with Crippen LogP contribution in [0.3, 0.4) is 0 Å². The molecule has 0 aliphatic heterocycles. The summed E-state index contributed by atoms with van der Waals surface area (Å²) >= 11 is 1.69. The van der Waals surface area contributed by atoms with Crippen molar-refractivity contribution < 1.29 is 23.7 Å². The molecule has 5 rings (SSSR count). The number of alkyl halides is 2. The van der Waals surface area contributed by atoms with E-state index >= 15 is 0 Å². The molecule has 1 aliphatic carbocycles. The Labute approximate surface area is 241 Å². The molecule has 0 bridgehead atoms. The van der Waals surface area contributed by atoms with Crippen LogP contribution in [0.5, 0.6) is 11.5 Å². The Hall–Kier alpha value is -3.40. The number of benzene rings is 3. The van der Waals surface area contributed by atoms with E-state index < -0.39 is 18.6 Å². The second-order valence-corrected chi connectivity index (χ2v) is 11.8. The number of pyridine rings is 1. The van der Waals surface area contributed by atoms with Crippen LogP contribution >= 0.6 is 11.8 Å². The molecule has 4 N–H and O–H groups in total. The number of fused-ring (bicyclic) bond motifs is 1. The van der Waals surface area contributed by atoms with Crippen molar-refractivity contribution in [1.82, 2.24) is 10.3 Å². The van der Waals surface area contributed by atoms with Crippen molar-refractivity contribution in [2.45, 2.75) is 54.3 Å². The lowest BCUT2D eigenvalue weighted by Crippen LogP contribution is -2.24. The van der Waals surface area contributed by atoms with Gasteiger partial charge in [0.1, 0.15) is 11.5 Å². The Bertz CT molecular complexity index is 1520. The second kappa shape index (κ2) is 13.1. The molecule has 1 saturated carbocycles. The van der Waals surface area contributed by atoms with E-state index in [1.165, 1.54) is 31.0 Å². The summed E-state index contributed by atoms with van der Waals surface area (Å²) in [6, 6.07) is 19.7. The highest BCUT2D eigenvalue weighted by atomic mass is 32.2. The maximum absolute atomic E-state index is 14.9. The van der Waals surface area contributed by atoms with Crippen LogP contribution in [0.1, 0.15) is 48.5 Å². The normalized spacial score (nSPS) is 14.9. The van der Waals surface area contributed by atoms with Crippen molar-refractivity contribution >= 4 is 22.7 Å². The summed E-state index contributed by atoms with van der Waals surface area (Å²) in [5.41, 5.74) is 1.52. The molecule has 41 heavy (non-hydrogen) atoms. The first-order valence-electron chi connectivity index (χ1n) is 13.9. The molecule has 3 aromatic carbocycles. The van der Waals surface area contributed by atoms with Gasteiger partial charge in [-0.1, -0.05) is 43.2 Å². The van der Waals surface area contributed by atoms with Crippen molar-refractivity contribution in [2.75, 3.05) is 19.7 Å². The van der Waals surface area contributed by atoms with Gasteiger partial charge < -0.3 is 25.3 Å². The van der Waals surface area contributed by atoms with Crippen molar-refractivity contribution in [2.24, 2.45) is 0 Å². The molecule has 9 heteroatoms. The lowest BCUT2D eigenvalue weighted by atomic mass is 10.0. The van der Waals surface area contributed by atoms with Gasteiger partial charge in [-0.15, -0.1) is 11.8 Å². The van der Waals surface area contributed by atoms with Crippen molar-refractivity contribution in [1.29, 1.82) is 0 Å². The molecular formula is C32H34F2N2O4S. The number of phenolic OH excluding ortho intramolecular Hbond substituents is 1. The Morgan fingerprint density at radius 2 is 1.83 bits per heavy atom. The number of aliphatic hydroxyl groups is 1. The van der Waals surface area contributed by atoms with Crippen LogP contribution in [0.15, 0.2) is 82.5 Å². The topological polar surface area (TPSA) is 94.6 Å². The first-order valence-corrected chi connectivity index (χ1v) is 14.8. The van der Waals surface area contributed by atoms with E-state index in [1.54, 1.807) is 48.2 Å². The fourth-order valence-electron chi connectivity index (χ4n) is 5.14. The molecular weight excluding hydrogens is 546 g/mol. The van der Waals surface area contributed by atoms with Gasteiger partial charge in [-0.2, -0.15) is 8.78 Å². The minimum Gasteiger partial charge on any atom is -0.506 e. The second-order valence-electron chi connectivity index (χ2n) is 10.4. The number of hydrogen-bond donors (Lipinski definition) is 4. The molecule has 216 valence electrons. The Morgan fingerprint density at radius 1 is 1.05 bits per heavy atom. The third-order valence-corrected chi connectivity index (χ3v) is 8.73.